The van der Waals surface area contributed by atoms with E-state index in [1.807, 2.05) is 0 Å². The molecule has 3 aromatic carbocycles. The number of nitrogens with zero attached hydrogens (tertiary/aromatic N) is 1. The summed E-state index contributed by atoms with van der Waals surface area (Å²) in [4.78, 5) is 18.4. The maximum atomic E-state index is 13.5. The third-order valence-corrected chi connectivity index (χ3v) is 8.65. The average Bonchev–Trinajstić information content (AvgIpc) is 3.33. The predicted octanol–water partition coefficient (Wildman–Crippen LogP) is 4.62. The first-order valence-corrected chi connectivity index (χ1v) is 14.7. The van der Waals surface area contributed by atoms with Crippen molar-refractivity contribution in [2.24, 2.45) is 4.99 Å². The van der Waals surface area contributed by atoms with Gasteiger partial charge in [-0.1, -0.05) is 47.5 Å². The Bertz CT molecular complexity index is 1450. The van der Waals surface area contributed by atoms with Gasteiger partial charge in [-0.2, -0.15) is 0 Å². The van der Waals surface area contributed by atoms with E-state index < -0.39 is 27.4 Å². The van der Waals surface area contributed by atoms with Crippen molar-refractivity contribution in [1.82, 2.24) is 5.32 Å². The number of amides is 1. The molecule has 0 bridgehead atoms. The van der Waals surface area contributed by atoms with Gasteiger partial charge in [-0.3, -0.25) is 4.79 Å². The van der Waals surface area contributed by atoms with Crippen LogP contribution in [-0.2, 0) is 19.4 Å². The molecule has 0 aliphatic carbocycles. The molecule has 0 saturated carbocycles. The lowest BCUT2D eigenvalue weighted by atomic mass is 9.85. The zero-order valence-corrected chi connectivity index (χ0v) is 23.5. The Morgan fingerprint density at radius 1 is 1.10 bits per heavy atom. The van der Waals surface area contributed by atoms with E-state index in [2.05, 4.69) is 5.32 Å². The van der Waals surface area contributed by atoms with Crippen molar-refractivity contribution in [3.8, 4) is 5.75 Å². The van der Waals surface area contributed by atoms with E-state index in [-0.39, 0.29) is 34.6 Å². The van der Waals surface area contributed by atoms with E-state index in [1.54, 1.807) is 54.6 Å². The van der Waals surface area contributed by atoms with Gasteiger partial charge >= 0.3 is 0 Å². The van der Waals surface area contributed by atoms with Gasteiger partial charge in [0.25, 0.3) is 5.91 Å². The van der Waals surface area contributed by atoms with Gasteiger partial charge in [0.05, 0.1) is 17.3 Å². The van der Waals surface area contributed by atoms with Gasteiger partial charge in [0.2, 0.25) is 5.90 Å². The lowest BCUT2D eigenvalue weighted by molar-refractivity contribution is -0.128. The number of rotatable bonds is 11. The maximum absolute atomic E-state index is 13.5. The van der Waals surface area contributed by atoms with E-state index in [0.717, 1.165) is 0 Å². The summed E-state index contributed by atoms with van der Waals surface area (Å²) in [6.07, 6.45) is -0.690. The van der Waals surface area contributed by atoms with Gasteiger partial charge in [0, 0.05) is 47.7 Å². The topological polar surface area (TPSA) is 114 Å². The fourth-order valence-electron chi connectivity index (χ4n) is 4.31. The normalized spacial score (nSPS) is 18.8. The number of sulfone groups is 1. The van der Waals surface area contributed by atoms with Gasteiger partial charge in [0.15, 0.2) is 21.5 Å². The first-order chi connectivity index (χ1) is 18.7. The molecule has 0 fully saturated rings. The number of aliphatic imine (C=N–C) groups is 1. The average molecular weight is 592 g/mol. The molecule has 206 valence electrons. The van der Waals surface area contributed by atoms with Crippen LogP contribution in [0.15, 0.2) is 82.7 Å². The monoisotopic (exact) mass is 590 g/mol. The van der Waals surface area contributed by atoms with Crippen molar-refractivity contribution < 1.29 is 27.8 Å². The lowest BCUT2D eigenvalue weighted by Gasteiger charge is -2.30. The molecule has 8 nitrogen and oxygen atoms in total. The quantitative estimate of drug-likeness (QED) is 0.315. The molecule has 11 heteroatoms. The van der Waals surface area contributed by atoms with Gasteiger partial charge in [-0.15, -0.1) is 0 Å². The zero-order valence-electron chi connectivity index (χ0n) is 21.1. The smallest absolute Gasteiger partial charge is 0.252 e. The van der Waals surface area contributed by atoms with Crippen molar-refractivity contribution in [3.05, 3.63) is 94.0 Å². The molecule has 0 radical (unpaired) electrons. The Balaban J connectivity index is 1.75. The number of carbonyl (C=O) groups is 1. The van der Waals surface area contributed by atoms with Crippen molar-refractivity contribution in [3.63, 3.8) is 0 Å². The second-order valence-electron chi connectivity index (χ2n) is 8.92. The van der Waals surface area contributed by atoms with Crippen LogP contribution in [0.5, 0.6) is 5.75 Å². The first-order valence-electron chi connectivity index (χ1n) is 12.3. The molecule has 1 heterocycles. The molecule has 2 atom stereocenters. The predicted molar refractivity (Wildman–Crippen MR) is 150 cm³/mol. The Hall–Kier alpha value is -3.11. The molecule has 0 unspecified atom stereocenters. The van der Waals surface area contributed by atoms with Gasteiger partial charge < -0.3 is 19.9 Å². The fourth-order valence-corrected chi connectivity index (χ4v) is 6.21. The molecular weight excluding hydrogens is 563 g/mol. The lowest BCUT2D eigenvalue weighted by Crippen LogP contribution is -2.48. The van der Waals surface area contributed by atoms with Gasteiger partial charge in [-0.05, 0) is 48.5 Å². The fraction of sp³-hybridized carbons (Fsp3) is 0.286. The van der Waals surface area contributed by atoms with Crippen molar-refractivity contribution in [2.75, 3.05) is 26.0 Å². The Labute approximate surface area is 237 Å². The van der Waals surface area contributed by atoms with E-state index >= 15 is 0 Å². The van der Waals surface area contributed by atoms with Crippen LogP contribution in [-0.4, -0.2) is 56.9 Å². The minimum absolute atomic E-state index is 0.0267. The molecule has 3 aromatic rings. The van der Waals surface area contributed by atoms with Crippen LogP contribution in [0.1, 0.15) is 30.1 Å². The van der Waals surface area contributed by atoms with Crippen LogP contribution in [0.4, 0.5) is 0 Å². The highest BCUT2D eigenvalue weighted by molar-refractivity contribution is 7.91. The molecule has 0 aromatic heterocycles. The minimum Gasteiger partial charge on any atom is -0.494 e. The number of ether oxygens (including phenoxy) is 2. The SMILES string of the molecule is CNC(=O)[C@]1(CCS(=O)(=O)c2ccccc2)N=C(c2ccc(OCCCO)cc2)O[C@@H]1c1ccc(Cl)cc1Cl. The molecule has 1 amide bonds. The third-order valence-electron chi connectivity index (χ3n) is 6.36. The Morgan fingerprint density at radius 2 is 1.82 bits per heavy atom. The van der Waals surface area contributed by atoms with Gasteiger partial charge in [-0.25, -0.2) is 13.4 Å². The van der Waals surface area contributed by atoms with E-state index in [4.69, 9.17) is 42.8 Å². The summed E-state index contributed by atoms with van der Waals surface area (Å²) in [5, 5.41) is 12.3. The first kappa shape index (κ1) is 28.9. The summed E-state index contributed by atoms with van der Waals surface area (Å²) in [5.74, 6) is -0.117. The molecule has 0 spiro atoms. The number of nitrogens with one attached hydrogen (secondary N) is 1. The number of hydrogen-bond donors (Lipinski definition) is 2. The standard InChI is InChI=1S/C28H28Cl2N2O6S/c1-31-27(34)28(14-17-39(35,36)22-6-3-2-4-7-22)25(23-13-10-20(29)18-24(23)30)38-26(32-28)19-8-11-21(12-9-19)37-16-5-15-33/h2-4,6-13,18,25,33H,5,14-17H2,1H3,(H,31,34)/t25-,28-/m1/s1. The van der Waals surface area contributed by atoms with Crippen molar-refractivity contribution in [1.29, 1.82) is 0 Å². The number of hydrogen-bond acceptors (Lipinski definition) is 7. The highest BCUT2D eigenvalue weighted by Gasteiger charge is 2.53. The molecule has 4 rings (SSSR count). The maximum Gasteiger partial charge on any atom is 0.252 e. The van der Waals surface area contributed by atoms with Gasteiger partial charge in [0.1, 0.15) is 5.75 Å². The van der Waals surface area contributed by atoms with E-state index in [9.17, 15) is 13.2 Å². The van der Waals surface area contributed by atoms with Crippen LogP contribution >= 0.6 is 23.2 Å². The summed E-state index contributed by atoms with van der Waals surface area (Å²) < 4.78 is 38.3. The van der Waals surface area contributed by atoms with Crippen LogP contribution in [0.25, 0.3) is 0 Å². The minimum atomic E-state index is -3.74. The Kier molecular flexibility index (Phi) is 9.17. The highest BCUT2D eigenvalue weighted by atomic mass is 35.5. The summed E-state index contributed by atoms with van der Waals surface area (Å²) in [6, 6.07) is 19.8. The summed E-state index contributed by atoms with van der Waals surface area (Å²) >= 11 is 12.7. The van der Waals surface area contributed by atoms with Crippen LogP contribution in [0.3, 0.4) is 0 Å². The number of halogens is 2. The summed E-state index contributed by atoms with van der Waals surface area (Å²) in [7, 11) is -2.28. The number of aliphatic hydroxyl groups excluding tert-OH is 1. The zero-order chi connectivity index (χ0) is 28.0. The number of benzene rings is 3. The van der Waals surface area contributed by atoms with Crippen LogP contribution < -0.4 is 10.1 Å². The Morgan fingerprint density at radius 3 is 2.46 bits per heavy atom. The number of aliphatic hydroxyl groups is 1. The van der Waals surface area contributed by atoms with Crippen LogP contribution in [0, 0.1) is 0 Å². The van der Waals surface area contributed by atoms with Crippen molar-refractivity contribution in [2.45, 2.75) is 29.4 Å². The number of likely N-dealkylation sites (N-methyl/N-ethyl adjacent to an activating group) is 1. The molecule has 1 aliphatic heterocycles. The second-order valence-corrected chi connectivity index (χ2v) is 11.9. The molecule has 1 aliphatic rings. The van der Waals surface area contributed by atoms with Crippen molar-refractivity contribution >= 4 is 44.8 Å². The third kappa shape index (κ3) is 6.38. The van der Waals surface area contributed by atoms with E-state index in [0.29, 0.717) is 34.9 Å². The number of carbonyl (C=O) groups excluding carboxylic acids is 1. The molecule has 2 N–H and O–H groups in total. The summed E-state index contributed by atoms with van der Waals surface area (Å²) in [5.41, 5.74) is -0.625. The second kappa shape index (κ2) is 12.4. The van der Waals surface area contributed by atoms with E-state index in [1.165, 1.54) is 25.2 Å². The largest absolute Gasteiger partial charge is 0.494 e. The van der Waals surface area contributed by atoms with Crippen LogP contribution in [0.2, 0.25) is 10.0 Å². The molecule has 39 heavy (non-hydrogen) atoms. The molecule has 0 saturated heterocycles. The highest BCUT2D eigenvalue weighted by Crippen LogP contribution is 2.45. The molecular formula is C28H28Cl2N2O6S. The summed E-state index contributed by atoms with van der Waals surface area (Å²) in [6.45, 7) is 0.388.